The molecule has 6 heteroatoms. The zero-order valence-electron chi connectivity index (χ0n) is 10.3. The lowest BCUT2D eigenvalue weighted by Crippen LogP contribution is -2.00. The van der Waals surface area contributed by atoms with Crippen LogP contribution in [0.5, 0.6) is 0 Å². The first-order valence-electron chi connectivity index (χ1n) is 5.89. The number of aromatic nitrogens is 3. The fourth-order valence-electron chi connectivity index (χ4n) is 2.03. The van der Waals surface area contributed by atoms with Crippen molar-refractivity contribution >= 4 is 40.5 Å². The van der Waals surface area contributed by atoms with Crippen molar-refractivity contribution in [3.05, 3.63) is 58.1 Å². The Morgan fingerprint density at radius 3 is 2.55 bits per heavy atom. The van der Waals surface area contributed by atoms with Crippen molar-refractivity contribution < 1.29 is 4.79 Å². The third kappa shape index (κ3) is 2.40. The molecule has 0 unspecified atom stereocenters. The summed E-state index contributed by atoms with van der Waals surface area (Å²) in [5.74, 6) is 0. The molecule has 0 aliphatic rings. The SMILES string of the molecule is O=Cc1ccc(Cn2ccc3c(Cl)nc(Cl)nc32)cc1. The van der Waals surface area contributed by atoms with Gasteiger partial charge in [0.15, 0.2) is 0 Å². The molecule has 0 amide bonds. The molecule has 3 rings (SSSR count). The first-order chi connectivity index (χ1) is 9.67. The van der Waals surface area contributed by atoms with Crippen molar-refractivity contribution in [2.45, 2.75) is 6.54 Å². The van der Waals surface area contributed by atoms with Crippen LogP contribution >= 0.6 is 23.2 Å². The zero-order chi connectivity index (χ0) is 14.1. The number of carbonyl (C=O) groups excluding carboxylic acids is 1. The molecule has 0 saturated heterocycles. The lowest BCUT2D eigenvalue weighted by atomic mass is 10.1. The summed E-state index contributed by atoms with van der Waals surface area (Å²) in [6.07, 6.45) is 2.71. The van der Waals surface area contributed by atoms with Crippen LogP contribution in [-0.4, -0.2) is 20.8 Å². The van der Waals surface area contributed by atoms with E-state index in [9.17, 15) is 4.79 Å². The normalized spacial score (nSPS) is 10.9. The van der Waals surface area contributed by atoms with E-state index in [1.54, 1.807) is 12.1 Å². The Morgan fingerprint density at radius 2 is 1.85 bits per heavy atom. The van der Waals surface area contributed by atoms with Gasteiger partial charge in [0.25, 0.3) is 0 Å². The minimum absolute atomic E-state index is 0.124. The van der Waals surface area contributed by atoms with E-state index in [1.165, 1.54) is 0 Å². The standard InChI is InChI=1S/C14H9Cl2N3O/c15-12-11-5-6-19(13(11)18-14(16)17-12)7-9-1-3-10(8-20)4-2-9/h1-6,8H,7H2. The van der Waals surface area contributed by atoms with E-state index >= 15 is 0 Å². The molecular formula is C14H9Cl2N3O. The van der Waals surface area contributed by atoms with Gasteiger partial charge in [0.1, 0.15) is 17.1 Å². The van der Waals surface area contributed by atoms with Crippen LogP contribution in [0.2, 0.25) is 10.4 Å². The Morgan fingerprint density at radius 1 is 1.10 bits per heavy atom. The number of aldehydes is 1. The molecule has 1 aromatic carbocycles. The second-order valence-electron chi connectivity index (χ2n) is 4.32. The molecule has 0 bridgehead atoms. The summed E-state index contributed by atoms with van der Waals surface area (Å²) in [6.45, 7) is 0.617. The summed E-state index contributed by atoms with van der Waals surface area (Å²) in [7, 11) is 0. The maximum atomic E-state index is 10.6. The molecule has 0 N–H and O–H groups in total. The van der Waals surface area contributed by atoms with Crippen molar-refractivity contribution in [1.29, 1.82) is 0 Å². The number of nitrogens with zero attached hydrogens (tertiary/aromatic N) is 3. The van der Waals surface area contributed by atoms with Gasteiger partial charge in [0.05, 0.1) is 5.39 Å². The molecule has 0 atom stereocenters. The van der Waals surface area contributed by atoms with E-state index in [0.29, 0.717) is 22.9 Å². The molecule has 2 heterocycles. The van der Waals surface area contributed by atoms with Crippen LogP contribution < -0.4 is 0 Å². The number of hydrogen-bond donors (Lipinski definition) is 0. The predicted molar refractivity (Wildman–Crippen MR) is 78.5 cm³/mol. The van der Waals surface area contributed by atoms with Gasteiger partial charge in [-0.15, -0.1) is 0 Å². The number of halogens is 2. The van der Waals surface area contributed by atoms with Crippen molar-refractivity contribution in [2.75, 3.05) is 0 Å². The highest BCUT2D eigenvalue weighted by atomic mass is 35.5. The molecule has 2 aromatic heterocycles. The Balaban J connectivity index is 1.99. The quantitative estimate of drug-likeness (QED) is 0.422. The van der Waals surface area contributed by atoms with E-state index in [0.717, 1.165) is 17.2 Å². The topological polar surface area (TPSA) is 47.8 Å². The van der Waals surface area contributed by atoms with E-state index in [-0.39, 0.29) is 5.28 Å². The van der Waals surface area contributed by atoms with E-state index in [2.05, 4.69) is 9.97 Å². The largest absolute Gasteiger partial charge is 0.328 e. The maximum absolute atomic E-state index is 10.6. The van der Waals surface area contributed by atoms with Gasteiger partial charge in [-0.3, -0.25) is 4.79 Å². The van der Waals surface area contributed by atoms with E-state index in [4.69, 9.17) is 23.2 Å². The number of hydrogen-bond acceptors (Lipinski definition) is 3. The summed E-state index contributed by atoms with van der Waals surface area (Å²) >= 11 is 11.9. The average molecular weight is 306 g/mol. The smallest absolute Gasteiger partial charge is 0.225 e. The fourth-order valence-corrected chi connectivity index (χ4v) is 2.46. The highest BCUT2D eigenvalue weighted by Gasteiger charge is 2.09. The van der Waals surface area contributed by atoms with E-state index < -0.39 is 0 Å². The van der Waals surface area contributed by atoms with Gasteiger partial charge >= 0.3 is 0 Å². The number of carbonyl (C=O) groups is 1. The minimum Gasteiger partial charge on any atom is -0.328 e. The first-order valence-corrected chi connectivity index (χ1v) is 6.65. The maximum Gasteiger partial charge on any atom is 0.225 e. The van der Waals surface area contributed by atoms with Gasteiger partial charge in [0.2, 0.25) is 5.28 Å². The summed E-state index contributed by atoms with van der Waals surface area (Å²) in [4.78, 5) is 18.7. The molecule has 4 nitrogen and oxygen atoms in total. The lowest BCUT2D eigenvalue weighted by molar-refractivity contribution is 0.112. The van der Waals surface area contributed by atoms with Crippen molar-refractivity contribution in [1.82, 2.24) is 14.5 Å². The molecule has 0 spiro atoms. The lowest BCUT2D eigenvalue weighted by Gasteiger charge is -2.05. The van der Waals surface area contributed by atoms with Crippen LogP contribution in [0, 0.1) is 0 Å². The van der Waals surface area contributed by atoms with Gasteiger partial charge in [-0.25, -0.2) is 4.98 Å². The Bertz CT molecular complexity index is 781. The van der Waals surface area contributed by atoms with Gasteiger partial charge in [-0.2, -0.15) is 4.98 Å². The van der Waals surface area contributed by atoms with Crippen LogP contribution in [-0.2, 0) is 6.54 Å². The number of benzene rings is 1. The van der Waals surface area contributed by atoms with Gasteiger partial charge in [-0.1, -0.05) is 35.9 Å². The van der Waals surface area contributed by atoms with Crippen molar-refractivity contribution in [3.63, 3.8) is 0 Å². The Labute approximate surface area is 125 Å². The van der Waals surface area contributed by atoms with Gasteiger partial charge in [0, 0.05) is 18.3 Å². The van der Waals surface area contributed by atoms with Crippen LogP contribution in [0.4, 0.5) is 0 Å². The minimum atomic E-state index is 0.124. The predicted octanol–water partition coefficient (Wildman–Crippen LogP) is 3.60. The van der Waals surface area contributed by atoms with Crippen LogP contribution in [0.25, 0.3) is 11.0 Å². The molecule has 0 aliphatic carbocycles. The van der Waals surface area contributed by atoms with E-state index in [1.807, 2.05) is 29.0 Å². The fraction of sp³-hybridized carbons (Fsp3) is 0.0714. The monoisotopic (exact) mass is 305 g/mol. The summed E-state index contributed by atoms with van der Waals surface area (Å²) in [5.41, 5.74) is 2.40. The summed E-state index contributed by atoms with van der Waals surface area (Å²) < 4.78 is 1.94. The molecule has 0 fully saturated rings. The highest BCUT2D eigenvalue weighted by molar-refractivity contribution is 6.35. The second-order valence-corrected chi connectivity index (χ2v) is 5.02. The third-order valence-corrected chi connectivity index (χ3v) is 3.47. The molecule has 20 heavy (non-hydrogen) atoms. The average Bonchev–Trinajstić information content (AvgIpc) is 2.83. The van der Waals surface area contributed by atoms with Crippen LogP contribution in [0.1, 0.15) is 15.9 Å². The summed E-state index contributed by atoms with van der Waals surface area (Å²) in [5, 5.41) is 1.23. The molecule has 100 valence electrons. The van der Waals surface area contributed by atoms with Crippen LogP contribution in [0.15, 0.2) is 36.5 Å². The molecular weight excluding hydrogens is 297 g/mol. The number of fused-ring (bicyclic) bond motifs is 1. The Hall–Kier alpha value is -1.91. The molecule has 3 aromatic rings. The Kier molecular flexibility index (Phi) is 3.42. The number of rotatable bonds is 3. The molecule has 0 saturated carbocycles. The third-order valence-electron chi connectivity index (χ3n) is 3.01. The summed E-state index contributed by atoms with van der Waals surface area (Å²) in [6, 6.07) is 9.22. The van der Waals surface area contributed by atoms with Gasteiger partial charge in [-0.05, 0) is 23.2 Å². The van der Waals surface area contributed by atoms with Crippen molar-refractivity contribution in [3.8, 4) is 0 Å². The molecule has 0 aliphatic heterocycles. The zero-order valence-corrected chi connectivity index (χ0v) is 11.8. The van der Waals surface area contributed by atoms with Crippen molar-refractivity contribution in [2.24, 2.45) is 0 Å². The first kappa shape index (κ1) is 13.1. The highest BCUT2D eigenvalue weighted by Crippen LogP contribution is 2.23. The van der Waals surface area contributed by atoms with Crippen LogP contribution in [0.3, 0.4) is 0 Å². The van der Waals surface area contributed by atoms with Gasteiger partial charge < -0.3 is 4.57 Å². The second kappa shape index (κ2) is 5.23. The molecule has 0 radical (unpaired) electrons.